The van der Waals surface area contributed by atoms with Crippen LogP contribution in [0.5, 0.6) is 5.75 Å². The third-order valence-electron chi connectivity index (χ3n) is 3.10. The first-order valence-electron chi connectivity index (χ1n) is 6.67. The SMILES string of the molecule is Fc1cccc(COc2c(Br)cc(C3=NCCS3)cc2Br)c1. The molecular formula is C16H12Br2FNOS. The van der Waals surface area contributed by atoms with Crippen LogP contribution in [0, 0.1) is 5.82 Å². The Morgan fingerprint density at radius 2 is 1.95 bits per heavy atom. The number of thioether (sulfide) groups is 1. The molecule has 2 aromatic carbocycles. The monoisotopic (exact) mass is 443 g/mol. The zero-order valence-corrected chi connectivity index (χ0v) is 15.5. The molecule has 2 nitrogen and oxygen atoms in total. The third-order valence-corrected chi connectivity index (χ3v) is 5.31. The van der Waals surface area contributed by atoms with E-state index in [0.29, 0.717) is 12.4 Å². The number of aliphatic imine (C=N–C) groups is 1. The fraction of sp³-hybridized carbons (Fsp3) is 0.188. The van der Waals surface area contributed by atoms with Gasteiger partial charge in [0, 0.05) is 17.9 Å². The van der Waals surface area contributed by atoms with Gasteiger partial charge in [0.05, 0.1) is 14.0 Å². The molecule has 0 N–H and O–H groups in total. The normalized spacial score (nSPS) is 14.0. The molecule has 0 aromatic heterocycles. The molecule has 6 heteroatoms. The first-order valence-corrected chi connectivity index (χ1v) is 9.24. The number of nitrogens with zero attached hydrogens (tertiary/aromatic N) is 1. The smallest absolute Gasteiger partial charge is 0.148 e. The molecule has 0 atom stereocenters. The predicted molar refractivity (Wildman–Crippen MR) is 96.4 cm³/mol. The molecule has 1 aliphatic rings. The summed E-state index contributed by atoms with van der Waals surface area (Å²) in [5.41, 5.74) is 1.86. The van der Waals surface area contributed by atoms with Gasteiger partial charge in [-0.1, -0.05) is 12.1 Å². The minimum absolute atomic E-state index is 0.258. The van der Waals surface area contributed by atoms with Crippen LogP contribution in [0.1, 0.15) is 11.1 Å². The van der Waals surface area contributed by atoms with E-state index in [-0.39, 0.29) is 5.82 Å². The quantitative estimate of drug-likeness (QED) is 0.627. The van der Waals surface area contributed by atoms with Gasteiger partial charge in [-0.25, -0.2) is 4.39 Å². The van der Waals surface area contributed by atoms with Crippen molar-refractivity contribution >= 4 is 48.7 Å². The summed E-state index contributed by atoms with van der Waals surface area (Å²) < 4.78 is 20.7. The van der Waals surface area contributed by atoms with Gasteiger partial charge in [-0.15, -0.1) is 11.8 Å². The van der Waals surface area contributed by atoms with Crippen molar-refractivity contribution in [1.82, 2.24) is 0 Å². The van der Waals surface area contributed by atoms with Gasteiger partial charge in [0.2, 0.25) is 0 Å². The molecule has 0 saturated heterocycles. The fourth-order valence-electron chi connectivity index (χ4n) is 2.11. The molecule has 0 amide bonds. The van der Waals surface area contributed by atoms with Crippen molar-refractivity contribution in [1.29, 1.82) is 0 Å². The van der Waals surface area contributed by atoms with Crippen LogP contribution in [0.3, 0.4) is 0 Å². The molecule has 1 aliphatic heterocycles. The van der Waals surface area contributed by atoms with Crippen molar-refractivity contribution in [2.24, 2.45) is 4.99 Å². The number of ether oxygens (including phenoxy) is 1. The second-order valence-corrected chi connectivity index (χ2v) is 7.52. The molecule has 0 bridgehead atoms. The lowest BCUT2D eigenvalue weighted by atomic mass is 10.2. The Kier molecular flexibility index (Phi) is 5.21. The fourth-order valence-corrected chi connectivity index (χ4v) is 4.37. The molecule has 114 valence electrons. The van der Waals surface area contributed by atoms with Crippen LogP contribution >= 0.6 is 43.6 Å². The summed E-state index contributed by atoms with van der Waals surface area (Å²) in [4.78, 5) is 4.48. The zero-order chi connectivity index (χ0) is 15.5. The topological polar surface area (TPSA) is 21.6 Å². The van der Waals surface area contributed by atoms with Crippen LogP contribution in [-0.2, 0) is 6.61 Å². The Morgan fingerprint density at radius 1 is 1.18 bits per heavy atom. The minimum atomic E-state index is -0.258. The lowest BCUT2D eigenvalue weighted by Gasteiger charge is -2.12. The number of hydrogen-bond acceptors (Lipinski definition) is 3. The van der Waals surface area contributed by atoms with Gasteiger partial charge in [0.25, 0.3) is 0 Å². The van der Waals surface area contributed by atoms with E-state index >= 15 is 0 Å². The molecule has 0 aliphatic carbocycles. The highest BCUT2D eigenvalue weighted by atomic mass is 79.9. The molecule has 3 rings (SSSR count). The van der Waals surface area contributed by atoms with E-state index < -0.39 is 0 Å². The second kappa shape index (κ2) is 7.15. The maximum atomic E-state index is 13.2. The second-order valence-electron chi connectivity index (χ2n) is 4.72. The first kappa shape index (κ1) is 16.0. The molecule has 0 unspecified atom stereocenters. The Morgan fingerprint density at radius 3 is 2.59 bits per heavy atom. The van der Waals surface area contributed by atoms with Crippen molar-refractivity contribution in [2.45, 2.75) is 6.61 Å². The van der Waals surface area contributed by atoms with Crippen LogP contribution in [0.25, 0.3) is 0 Å². The highest BCUT2D eigenvalue weighted by Crippen LogP contribution is 2.37. The van der Waals surface area contributed by atoms with Crippen molar-refractivity contribution in [2.75, 3.05) is 12.3 Å². The van der Waals surface area contributed by atoms with Crippen LogP contribution in [-0.4, -0.2) is 17.3 Å². The zero-order valence-electron chi connectivity index (χ0n) is 11.5. The molecular weight excluding hydrogens is 433 g/mol. The number of benzene rings is 2. The third kappa shape index (κ3) is 3.73. The summed E-state index contributed by atoms with van der Waals surface area (Å²) >= 11 is 8.84. The van der Waals surface area contributed by atoms with E-state index in [1.807, 2.05) is 18.2 Å². The van der Waals surface area contributed by atoms with Gasteiger partial charge in [-0.05, 0) is 61.7 Å². The van der Waals surface area contributed by atoms with E-state index in [4.69, 9.17) is 4.74 Å². The standard InChI is InChI=1S/C16H12Br2FNOS/c17-13-7-11(16-20-4-5-22-16)8-14(18)15(13)21-9-10-2-1-3-12(19)6-10/h1-3,6-8H,4-5,9H2. The average molecular weight is 445 g/mol. The summed E-state index contributed by atoms with van der Waals surface area (Å²) in [6.45, 7) is 1.18. The maximum absolute atomic E-state index is 13.2. The molecule has 22 heavy (non-hydrogen) atoms. The van der Waals surface area contributed by atoms with Gasteiger partial charge in [0.1, 0.15) is 18.2 Å². The van der Waals surface area contributed by atoms with E-state index in [0.717, 1.165) is 37.4 Å². The van der Waals surface area contributed by atoms with Gasteiger partial charge in [-0.3, -0.25) is 4.99 Å². The lowest BCUT2D eigenvalue weighted by molar-refractivity contribution is 0.301. The van der Waals surface area contributed by atoms with Crippen molar-refractivity contribution < 1.29 is 9.13 Å². The van der Waals surface area contributed by atoms with E-state index in [9.17, 15) is 4.39 Å². The minimum Gasteiger partial charge on any atom is -0.487 e. The molecule has 0 spiro atoms. The van der Waals surface area contributed by atoms with Gasteiger partial charge < -0.3 is 4.74 Å². The summed E-state index contributed by atoms with van der Waals surface area (Å²) in [5, 5.41) is 1.05. The van der Waals surface area contributed by atoms with Gasteiger partial charge in [-0.2, -0.15) is 0 Å². The average Bonchev–Trinajstić information content (AvgIpc) is 3.00. The molecule has 0 radical (unpaired) electrons. The summed E-state index contributed by atoms with van der Waals surface area (Å²) in [5.74, 6) is 1.48. The first-order chi connectivity index (χ1) is 10.6. The summed E-state index contributed by atoms with van der Waals surface area (Å²) in [6, 6.07) is 10.4. The van der Waals surface area contributed by atoms with Crippen LogP contribution in [0.4, 0.5) is 4.39 Å². The molecule has 2 aromatic rings. The van der Waals surface area contributed by atoms with Crippen LogP contribution in [0.15, 0.2) is 50.3 Å². The van der Waals surface area contributed by atoms with Crippen molar-refractivity contribution in [3.63, 3.8) is 0 Å². The van der Waals surface area contributed by atoms with Crippen LogP contribution < -0.4 is 4.74 Å². The largest absolute Gasteiger partial charge is 0.487 e. The highest BCUT2D eigenvalue weighted by Gasteiger charge is 2.15. The molecule has 0 fully saturated rings. The summed E-state index contributed by atoms with van der Waals surface area (Å²) in [7, 11) is 0. The molecule has 1 heterocycles. The summed E-state index contributed by atoms with van der Waals surface area (Å²) in [6.07, 6.45) is 0. The van der Waals surface area contributed by atoms with Crippen molar-refractivity contribution in [3.8, 4) is 5.75 Å². The lowest BCUT2D eigenvalue weighted by Crippen LogP contribution is -1.99. The molecule has 0 saturated carbocycles. The Balaban J connectivity index is 1.79. The Bertz CT molecular complexity index is 713. The van der Waals surface area contributed by atoms with E-state index in [2.05, 4.69) is 36.9 Å². The highest BCUT2D eigenvalue weighted by molar-refractivity contribution is 9.11. The Hall–Kier alpha value is -0.850. The van der Waals surface area contributed by atoms with E-state index in [1.54, 1.807) is 17.8 Å². The van der Waals surface area contributed by atoms with E-state index in [1.165, 1.54) is 12.1 Å². The predicted octanol–water partition coefficient (Wildman–Crippen LogP) is 5.42. The Labute approximate surface area is 149 Å². The maximum Gasteiger partial charge on any atom is 0.148 e. The number of rotatable bonds is 4. The number of hydrogen-bond donors (Lipinski definition) is 0. The van der Waals surface area contributed by atoms with Gasteiger partial charge in [0.15, 0.2) is 0 Å². The van der Waals surface area contributed by atoms with Crippen LogP contribution in [0.2, 0.25) is 0 Å². The number of halogens is 3. The van der Waals surface area contributed by atoms with Crippen molar-refractivity contribution in [3.05, 3.63) is 62.3 Å². The van der Waals surface area contributed by atoms with Gasteiger partial charge >= 0.3 is 0 Å².